The van der Waals surface area contributed by atoms with Crippen LogP contribution in [-0.2, 0) is 10.9 Å². The molecule has 1 saturated heterocycles. The van der Waals surface area contributed by atoms with E-state index in [0.717, 1.165) is 61.2 Å². The summed E-state index contributed by atoms with van der Waals surface area (Å²) in [6.45, 7) is 4.44. The van der Waals surface area contributed by atoms with Crippen molar-refractivity contribution in [2.24, 2.45) is 0 Å². The van der Waals surface area contributed by atoms with Gasteiger partial charge in [0.25, 0.3) is 5.88 Å². The number of methoxy groups -OCH3 is 1. The molecule has 4 heterocycles. The number of ether oxygens (including phenoxy) is 2. The minimum atomic E-state index is -4.80. The van der Waals surface area contributed by atoms with Crippen molar-refractivity contribution in [3.63, 3.8) is 0 Å². The summed E-state index contributed by atoms with van der Waals surface area (Å²) in [5.74, 6) is -0.394. The zero-order valence-electron chi connectivity index (χ0n) is 21.5. The average Bonchev–Trinajstić information content (AvgIpc) is 3.29. The summed E-state index contributed by atoms with van der Waals surface area (Å²) in [6.07, 6.45) is 2.13. The molecule has 1 aliphatic carbocycles. The van der Waals surface area contributed by atoms with Gasteiger partial charge in [0.1, 0.15) is 11.9 Å². The highest BCUT2D eigenvalue weighted by atomic mass is 19.4. The molecular formula is C26H32F4N6O2. The number of nitrogens with zero attached hydrogens (tertiary/aromatic N) is 5. The van der Waals surface area contributed by atoms with E-state index in [4.69, 9.17) is 14.6 Å². The Morgan fingerprint density at radius 1 is 1.05 bits per heavy atom. The Bertz CT molecular complexity index is 1250. The second kappa shape index (κ2) is 10.9. The Hall–Kier alpha value is -3.15. The van der Waals surface area contributed by atoms with Crippen LogP contribution in [0.3, 0.4) is 0 Å². The number of pyridine rings is 2. The van der Waals surface area contributed by atoms with E-state index in [1.165, 1.54) is 0 Å². The van der Waals surface area contributed by atoms with Gasteiger partial charge in [-0.1, -0.05) is 0 Å². The van der Waals surface area contributed by atoms with E-state index in [1.807, 2.05) is 19.2 Å². The maximum absolute atomic E-state index is 14.4. The van der Waals surface area contributed by atoms with Crippen LogP contribution in [0, 0.1) is 5.82 Å². The van der Waals surface area contributed by atoms with Crippen LogP contribution in [0.1, 0.15) is 57.1 Å². The molecule has 206 valence electrons. The van der Waals surface area contributed by atoms with E-state index in [0.29, 0.717) is 31.7 Å². The maximum Gasteiger partial charge on any atom is 0.419 e. The van der Waals surface area contributed by atoms with Crippen molar-refractivity contribution in [1.29, 1.82) is 0 Å². The molecule has 1 saturated carbocycles. The second-order valence-corrected chi connectivity index (χ2v) is 9.83. The standard InChI is InChI=1S/C26H32F4N6O2/c1-3-31-22-14-21-19(15-33-22)24(35-12-9-17(37-2)10-13-35)34-36(21)16-4-6-18(7-5-16)38-25-23(27)20(8-11-32-25)26(28,29)30/h8,11,14-18H,3-7,9-10,12-13H2,1-2H3,(H,31,33). The minimum absolute atomic E-state index is 0.0683. The molecule has 2 aliphatic rings. The van der Waals surface area contributed by atoms with Crippen LogP contribution in [0.5, 0.6) is 5.88 Å². The second-order valence-electron chi connectivity index (χ2n) is 9.83. The Morgan fingerprint density at radius 2 is 1.79 bits per heavy atom. The van der Waals surface area contributed by atoms with Gasteiger partial charge in [0.2, 0.25) is 0 Å². The summed E-state index contributed by atoms with van der Waals surface area (Å²) in [4.78, 5) is 10.6. The molecule has 0 aromatic carbocycles. The maximum atomic E-state index is 14.4. The highest BCUT2D eigenvalue weighted by Crippen LogP contribution is 2.38. The predicted molar refractivity (Wildman–Crippen MR) is 135 cm³/mol. The summed E-state index contributed by atoms with van der Waals surface area (Å²) in [5, 5.41) is 9.29. The molecule has 0 spiro atoms. The lowest BCUT2D eigenvalue weighted by Crippen LogP contribution is -2.37. The van der Waals surface area contributed by atoms with Gasteiger partial charge in [-0.05, 0) is 51.5 Å². The molecule has 12 heteroatoms. The van der Waals surface area contributed by atoms with Crippen LogP contribution in [0.4, 0.5) is 29.2 Å². The van der Waals surface area contributed by atoms with E-state index in [9.17, 15) is 17.6 Å². The Balaban J connectivity index is 1.35. The summed E-state index contributed by atoms with van der Waals surface area (Å²) in [5.41, 5.74) is -0.388. The van der Waals surface area contributed by atoms with Crippen LogP contribution >= 0.6 is 0 Å². The van der Waals surface area contributed by atoms with E-state index in [-0.39, 0.29) is 12.1 Å². The van der Waals surface area contributed by atoms with Crippen molar-refractivity contribution < 1.29 is 27.0 Å². The summed E-state index contributed by atoms with van der Waals surface area (Å²) >= 11 is 0. The smallest absolute Gasteiger partial charge is 0.419 e. The molecule has 0 atom stereocenters. The van der Waals surface area contributed by atoms with Gasteiger partial charge < -0.3 is 19.7 Å². The third-order valence-electron chi connectivity index (χ3n) is 7.44. The number of halogens is 4. The third kappa shape index (κ3) is 5.36. The molecule has 0 bridgehead atoms. The Morgan fingerprint density at radius 3 is 2.45 bits per heavy atom. The zero-order valence-corrected chi connectivity index (χ0v) is 21.5. The number of piperidine rings is 1. The van der Waals surface area contributed by atoms with Gasteiger partial charge >= 0.3 is 6.18 Å². The predicted octanol–water partition coefficient (Wildman–Crippen LogP) is 5.59. The molecule has 8 nitrogen and oxygen atoms in total. The first kappa shape index (κ1) is 26.5. The zero-order chi connectivity index (χ0) is 26.9. The first-order valence-electron chi connectivity index (χ1n) is 13.1. The van der Waals surface area contributed by atoms with Gasteiger partial charge in [0.05, 0.1) is 28.6 Å². The van der Waals surface area contributed by atoms with Gasteiger partial charge in [0.15, 0.2) is 11.6 Å². The number of hydrogen-bond acceptors (Lipinski definition) is 7. The Kier molecular flexibility index (Phi) is 7.60. The van der Waals surface area contributed by atoms with Crippen LogP contribution in [0.2, 0.25) is 0 Å². The minimum Gasteiger partial charge on any atom is -0.472 e. The van der Waals surface area contributed by atoms with Gasteiger partial charge in [-0.15, -0.1) is 0 Å². The third-order valence-corrected chi connectivity index (χ3v) is 7.44. The van der Waals surface area contributed by atoms with E-state index < -0.39 is 29.5 Å². The van der Waals surface area contributed by atoms with Gasteiger partial charge in [-0.25, -0.2) is 14.4 Å². The highest BCUT2D eigenvalue weighted by molar-refractivity contribution is 5.91. The molecule has 2 fully saturated rings. The fourth-order valence-corrected chi connectivity index (χ4v) is 5.40. The van der Waals surface area contributed by atoms with Crippen molar-refractivity contribution in [2.75, 3.05) is 37.0 Å². The average molecular weight is 537 g/mol. The normalized spacial score (nSPS) is 21.2. The number of rotatable bonds is 7. The molecular weight excluding hydrogens is 504 g/mol. The van der Waals surface area contributed by atoms with Gasteiger partial charge in [0, 0.05) is 45.2 Å². The van der Waals surface area contributed by atoms with Crippen molar-refractivity contribution in [1.82, 2.24) is 19.7 Å². The quantitative estimate of drug-likeness (QED) is 0.394. The first-order chi connectivity index (χ1) is 18.3. The number of anilines is 2. The van der Waals surface area contributed by atoms with E-state index in [1.54, 1.807) is 7.11 Å². The first-order valence-corrected chi connectivity index (χ1v) is 13.1. The molecule has 1 N–H and O–H groups in total. The molecule has 0 amide bonds. The lowest BCUT2D eigenvalue weighted by Gasteiger charge is -2.32. The van der Waals surface area contributed by atoms with Crippen LogP contribution in [0.25, 0.3) is 10.9 Å². The van der Waals surface area contributed by atoms with Gasteiger partial charge in [-0.2, -0.15) is 18.3 Å². The molecule has 3 aromatic heterocycles. The molecule has 1 aliphatic heterocycles. The summed E-state index contributed by atoms with van der Waals surface area (Å²) < 4.78 is 66.8. The fourth-order valence-electron chi connectivity index (χ4n) is 5.40. The van der Waals surface area contributed by atoms with Crippen molar-refractivity contribution >= 4 is 22.5 Å². The SMILES string of the molecule is CCNc1cc2c(cn1)c(N1CCC(OC)CC1)nn2C1CCC(Oc2nccc(C(F)(F)F)c2F)CC1. The molecule has 0 radical (unpaired) electrons. The topological polar surface area (TPSA) is 77.3 Å². The number of aromatic nitrogens is 4. The number of alkyl halides is 3. The lowest BCUT2D eigenvalue weighted by molar-refractivity contribution is -0.140. The van der Waals surface area contributed by atoms with Crippen LogP contribution in [0.15, 0.2) is 24.5 Å². The number of hydrogen-bond donors (Lipinski definition) is 1. The molecule has 38 heavy (non-hydrogen) atoms. The Labute approximate surface area is 218 Å². The highest BCUT2D eigenvalue weighted by Gasteiger charge is 2.37. The van der Waals surface area contributed by atoms with Crippen LogP contribution in [-0.4, -0.2) is 58.7 Å². The molecule has 0 unspecified atom stereocenters. The van der Waals surface area contributed by atoms with Gasteiger partial charge in [-0.3, -0.25) is 4.68 Å². The van der Waals surface area contributed by atoms with Crippen LogP contribution < -0.4 is 15.0 Å². The molecule has 3 aromatic rings. The summed E-state index contributed by atoms with van der Waals surface area (Å²) in [6, 6.07) is 2.70. The number of nitrogens with one attached hydrogen (secondary N) is 1. The largest absolute Gasteiger partial charge is 0.472 e. The van der Waals surface area contributed by atoms with Crippen molar-refractivity contribution in [2.45, 2.75) is 69.9 Å². The van der Waals surface area contributed by atoms with Crippen molar-refractivity contribution in [3.8, 4) is 5.88 Å². The molecule has 5 rings (SSSR count). The van der Waals surface area contributed by atoms with E-state index in [2.05, 4.69) is 24.9 Å². The number of fused-ring (bicyclic) bond motifs is 1. The summed E-state index contributed by atoms with van der Waals surface area (Å²) in [7, 11) is 1.74. The monoisotopic (exact) mass is 536 g/mol. The lowest BCUT2D eigenvalue weighted by atomic mass is 9.93. The van der Waals surface area contributed by atoms with E-state index >= 15 is 0 Å². The fraction of sp³-hybridized carbons (Fsp3) is 0.577. The van der Waals surface area contributed by atoms with Crippen molar-refractivity contribution in [3.05, 3.63) is 35.9 Å².